The van der Waals surface area contributed by atoms with Crippen molar-refractivity contribution in [2.45, 2.75) is 6.92 Å². The van der Waals surface area contributed by atoms with Crippen LogP contribution in [0.25, 0.3) is 22.1 Å². The van der Waals surface area contributed by atoms with Gasteiger partial charge in [-0.25, -0.2) is 0 Å². The zero-order chi connectivity index (χ0) is 11.8. The fourth-order valence-corrected chi connectivity index (χ4v) is 2.58. The summed E-state index contributed by atoms with van der Waals surface area (Å²) in [5.74, 6) is 0. The van der Waals surface area contributed by atoms with Gasteiger partial charge in [0.1, 0.15) is 5.58 Å². The fraction of sp³-hybridized carbons (Fsp3) is 0.0667. The minimum atomic E-state index is 0.955. The van der Waals surface area contributed by atoms with E-state index >= 15 is 0 Å². The van der Waals surface area contributed by atoms with Crippen LogP contribution in [0.15, 0.2) is 57.6 Å². The van der Waals surface area contributed by atoms with E-state index in [1.807, 2.05) is 24.5 Å². The molecule has 0 fully saturated rings. The summed E-state index contributed by atoms with van der Waals surface area (Å²) in [7, 11) is 0. The first-order valence-electron chi connectivity index (χ1n) is 5.49. The Morgan fingerprint density at radius 2 is 1.71 bits per heavy atom. The Kier molecular flexibility index (Phi) is 2.52. The number of rotatable bonds is 1. The summed E-state index contributed by atoms with van der Waals surface area (Å²) in [6, 6.07) is 14.4. The van der Waals surface area contributed by atoms with E-state index in [0.29, 0.717) is 0 Å². The molecule has 17 heavy (non-hydrogen) atoms. The molecule has 0 bridgehead atoms. The maximum atomic E-state index is 5.67. The number of hydrogen-bond donors (Lipinski definition) is 0. The number of aryl methyl sites for hydroxylation is 1. The largest absolute Gasteiger partial charge is 0.463 e. The average molecular weight is 287 g/mol. The van der Waals surface area contributed by atoms with E-state index in [4.69, 9.17) is 4.42 Å². The minimum Gasteiger partial charge on any atom is -0.463 e. The molecule has 0 atom stereocenters. The molecule has 0 saturated carbocycles. The van der Waals surface area contributed by atoms with Crippen molar-refractivity contribution in [2.24, 2.45) is 0 Å². The molecule has 1 nitrogen and oxygen atoms in total. The van der Waals surface area contributed by atoms with Crippen LogP contribution < -0.4 is 0 Å². The summed E-state index contributed by atoms with van der Waals surface area (Å²) in [5.41, 5.74) is 4.42. The molecule has 0 radical (unpaired) electrons. The molecule has 0 spiro atoms. The lowest BCUT2D eigenvalue weighted by Crippen LogP contribution is -1.80. The third kappa shape index (κ3) is 1.69. The Bertz CT molecular complexity index is 682. The first-order chi connectivity index (χ1) is 8.27. The number of para-hydroxylation sites is 1. The first kappa shape index (κ1) is 10.6. The molecule has 0 aliphatic heterocycles. The highest BCUT2D eigenvalue weighted by molar-refractivity contribution is 9.10. The van der Waals surface area contributed by atoms with E-state index in [-0.39, 0.29) is 0 Å². The van der Waals surface area contributed by atoms with Gasteiger partial charge >= 0.3 is 0 Å². The summed E-state index contributed by atoms with van der Waals surface area (Å²) >= 11 is 3.58. The lowest BCUT2D eigenvalue weighted by Gasteiger charge is -2.05. The molecule has 0 aliphatic carbocycles. The van der Waals surface area contributed by atoms with Crippen molar-refractivity contribution in [2.75, 3.05) is 0 Å². The molecule has 0 saturated heterocycles. The third-order valence-electron chi connectivity index (χ3n) is 2.96. The van der Waals surface area contributed by atoms with E-state index in [1.54, 1.807) is 0 Å². The molecule has 0 aliphatic rings. The predicted octanol–water partition coefficient (Wildman–Crippen LogP) is 5.17. The second-order valence-electron chi connectivity index (χ2n) is 4.08. The first-order valence-corrected chi connectivity index (χ1v) is 6.28. The zero-order valence-electron chi connectivity index (χ0n) is 9.41. The second-order valence-corrected chi connectivity index (χ2v) is 4.94. The highest BCUT2D eigenvalue weighted by Crippen LogP contribution is 2.35. The Balaban J connectivity index is 2.35. The summed E-state index contributed by atoms with van der Waals surface area (Å²) in [4.78, 5) is 0. The zero-order valence-corrected chi connectivity index (χ0v) is 11.0. The molecule has 0 unspecified atom stereocenters. The van der Waals surface area contributed by atoms with Gasteiger partial charge in [0, 0.05) is 15.4 Å². The number of halogens is 1. The summed E-state index contributed by atoms with van der Waals surface area (Å²) < 4.78 is 6.75. The van der Waals surface area contributed by atoms with Gasteiger partial charge in [0.05, 0.1) is 6.26 Å². The SMILES string of the molecule is Cc1coc2c(-c3ccccc3Br)cccc12. The third-order valence-corrected chi connectivity index (χ3v) is 3.65. The number of benzene rings is 2. The van der Waals surface area contributed by atoms with Crippen LogP contribution >= 0.6 is 15.9 Å². The van der Waals surface area contributed by atoms with Crippen LogP contribution in [-0.4, -0.2) is 0 Å². The molecular weight excluding hydrogens is 276 g/mol. The molecule has 1 heterocycles. The summed E-state index contributed by atoms with van der Waals surface area (Å²) in [5, 5.41) is 1.18. The van der Waals surface area contributed by atoms with Gasteiger partial charge in [-0.1, -0.05) is 52.3 Å². The lowest BCUT2D eigenvalue weighted by molar-refractivity contribution is 0.614. The Morgan fingerprint density at radius 1 is 0.941 bits per heavy atom. The Hall–Kier alpha value is -1.54. The van der Waals surface area contributed by atoms with Crippen molar-refractivity contribution < 1.29 is 4.42 Å². The quantitative estimate of drug-likeness (QED) is 0.601. The van der Waals surface area contributed by atoms with Crippen molar-refractivity contribution in [3.05, 3.63) is 58.8 Å². The predicted molar refractivity (Wildman–Crippen MR) is 74.1 cm³/mol. The van der Waals surface area contributed by atoms with Gasteiger partial charge in [-0.3, -0.25) is 0 Å². The second kappa shape index (κ2) is 4.04. The van der Waals surface area contributed by atoms with Crippen LogP contribution in [-0.2, 0) is 0 Å². The van der Waals surface area contributed by atoms with E-state index < -0.39 is 0 Å². The standard InChI is InChI=1S/C15H11BrO/c1-10-9-17-15-11(10)6-4-7-13(15)12-5-2-3-8-14(12)16/h2-9H,1H3. The van der Waals surface area contributed by atoms with Gasteiger partial charge < -0.3 is 4.42 Å². The van der Waals surface area contributed by atoms with E-state index in [0.717, 1.165) is 21.2 Å². The minimum absolute atomic E-state index is 0.955. The normalized spacial score (nSPS) is 10.9. The monoisotopic (exact) mass is 286 g/mol. The molecule has 3 rings (SSSR count). The van der Waals surface area contributed by atoms with Crippen molar-refractivity contribution >= 4 is 26.9 Å². The highest BCUT2D eigenvalue weighted by atomic mass is 79.9. The lowest BCUT2D eigenvalue weighted by atomic mass is 10.0. The van der Waals surface area contributed by atoms with Gasteiger partial charge in [-0.15, -0.1) is 0 Å². The topological polar surface area (TPSA) is 13.1 Å². The maximum Gasteiger partial charge on any atom is 0.141 e. The van der Waals surface area contributed by atoms with Gasteiger partial charge in [0.15, 0.2) is 0 Å². The van der Waals surface area contributed by atoms with Gasteiger partial charge in [-0.2, -0.15) is 0 Å². The average Bonchev–Trinajstić information content (AvgIpc) is 2.72. The molecule has 3 aromatic rings. The molecule has 0 N–H and O–H groups in total. The fourth-order valence-electron chi connectivity index (χ4n) is 2.08. The Labute approximate surface area is 108 Å². The molecule has 2 heteroatoms. The maximum absolute atomic E-state index is 5.67. The van der Waals surface area contributed by atoms with Crippen LogP contribution in [0, 0.1) is 6.92 Å². The molecule has 0 amide bonds. The van der Waals surface area contributed by atoms with Crippen molar-refractivity contribution in [1.29, 1.82) is 0 Å². The van der Waals surface area contributed by atoms with Crippen LogP contribution in [0.4, 0.5) is 0 Å². The van der Waals surface area contributed by atoms with E-state index in [9.17, 15) is 0 Å². The summed E-state index contributed by atoms with van der Waals surface area (Å²) in [6.45, 7) is 2.07. The van der Waals surface area contributed by atoms with Gasteiger partial charge in [-0.05, 0) is 24.1 Å². The molecular formula is C15H11BrO. The van der Waals surface area contributed by atoms with Gasteiger partial charge in [0.25, 0.3) is 0 Å². The van der Waals surface area contributed by atoms with Crippen molar-refractivity contribution in [3.63, 3.8) is 0 Å². The highest BCUT2D eigenvalue weighted by Gasteiger charge is 2.10. The molecule has 1 aromatic heterocycles. The number of hydrogen-bond acceptors (Lipinski definition) is 1. The van der Waals surface area contributed by atoms with E-state index in [2.05, 4.69) is 47.1 Å². The van der Waals surface area contributed by atoms with Gasteiger partial charge in [0.2, 0.25) is 0 Å². The van der Waals surface area contributed by atoms with Crippen LogP contribution in [0.1, 0.15) is 5.56 Å². The van der Waals surface area contributed by atoms with Crippen LogP contribution in [0.5, 0.6) is 0 Å². The number of fused-ring (bicyclic) bond motifs is 1. The molecule has 2 aromatic carbocycles. The van der Waals surface area contributed by atoms with Crippen LogP contribution in [0.2, 0.25) is 0 Å². The Morgan fingerprint density at radius 3 is 2.53 bits per heavy atom. The molecule has 84 valence electrons. The number of furan rings is 1. The van der Waals surface area contributed by atoms with Crippen molar-refractivity contribution in [1.82, 2.24) is 0 Å². The van der Waals surface area contributed by atoms with E-state index in [1.165, 1.54) is 10.9 Å². The van der Waals surface area contributed by atoms with Crippen LogP contribution in [0.3, 0.4) is 0 Å². The smallest absolute Gasteiger partial charge is 0.141 e. The van der Waals surface area contributed by atoms with Crippen molar-refractivity contribution in [3.8, 4) is 11.1 Å². The summed E-state index contributed by atoms with van der Waals surface area (Å²) in [6.07, 6.45) is 1.81.